The Morgan fingerprint density at radius 1 is 1.10 bits per heavy atom. The van der Waals surface area contributed by atoms with Crippen molar-refractivity contribution >= 4 is 23.4 Å². The third-order valence-electron chi connectivity index (χ3n) is 4.86. The summed E-state index contributed by atoms with van der Waals surface area (Å²) in [6.45, 7) is 5.66. The molecule has 0 bridgehead atoms. The van der Waals surface area contributed by atoms with E-state index in [1.807, 2.05) is 39.0 Å². The predicted molar refractivity (Wildman–Crippen MR) is 116 cm³/mol. The predicted octanol–water partition coefficient (Wildman–Crippen LogP) is 4.58. The van der Waals surface area contributed by atoms with Gasteiger partial charge >= 0.3 is 0 Å². The Kier molecular flexibility index (Phi) is 9.12. The van der Waals surface area contributed by atoms with Gasteiger partial charge in [0.05, 0.1) is 0 Å². The van der Waals surface area contributed by atoms with Crippen LogP contribution in [0, 0.1) is 5.82 Å². The average molecular weight is 435 g/mol. The average Bonchev–Trinajstić information content (AvgIpc) is 2.74. The lowest BCUT2D eigenvalue weighted by Gasteiger charge is -2.31. The van der Waals surface area contributed by atoms with E-state index in [0.717, 1.165) is 12.0 Å². The minimum Gasteiger partial charge on any atom is -0.484 e. The number of amides is 2. The topological polar surface area (TPSA) is 58.6 Å². The molecule has 0 saturated heterocycles. The van der Waals surface area contributed by atoms with Crippen molar-refractivity contribution < 1.29 is 18.7 Å². The van der Waals surface area contributed by atoms with Gasteiger partial charge in [0.15, 0.2) is 6.61 Å². The van der Waals surface area contributed by atoms with Gasteiger partial charge in [-0.05, 0) is 55.7 Å². The Labute approximate surface area is 182 Å². The van der Waals surface area contributed by atoms with Gasteiger partial charge in [0.25, 0.3) is 5.91 Å². The van der Waals surface area contributed by atoms with Crippen molar-refractivity contribution in [1.29, 1.82) is 0 Å². The number of ether oxygens (including phenoxy) is 1. The molecular formula is C23H28ClFN2O3. The van der Waals surface area contributed by atoms with Crippen LogP contribution < -0.4 is 10.1 Å². The Hall–Kier alpha value is -2.60. The maximum Gasteiger partial charge on any atom is 0.261 e. The Balaban J connectivity index is 2.21. The van der Waals surface area contributed by atoms with Crippen LogP contribution in [-0.4, -0.2) is 35.4 Å². The van der Waals surface area contributed by atoms with Crippen molar-refractivity contribution in [1.82, 2.24) is 10.2 Å². The molecule has 2 amide bonds. The standard InChI is InChI=1S/C23H28ClFN2O3/c1-4-16(3)26-23(29)21(5-2)27(14-17-8-6-7-9-20(17)24)22(28)15-30-19-12-10-18(25)11-13-19/h6-13,16,21H,4-5,14-15H2,1-3H3,(H,26,29)/t16-,21+/m0/s1. The van der Waals surface area contributed by atoms with Crippen molar-refractivity contribution in [2.45, 2.75) is 52.2 Å². The summed E-state index contributed by atoms with van der Waals surface area (Å²) in [7, 11) is 0. The van der Waals surface area contributed by atoms with Gasteiger partial charge in [-0.1, -0.05) is 43.6 Å². The van der Waals surface area contributed by atoms with Crippen molar-refractivity contribution in [3.8, 4) is 5.75 Å². The highest BCUT2D eigenvalue weighted by Gasteiger charge is 2.30. The summed E-state index contributed by atoms with van der Waals surface area (Å²) in [4.78, 5) is 27.4. The van der Waals surface area contributed by atoms with E-state index in [2.05, 4.69) is 5.32 Å². The van der Waals surface area contributed by atoms with Gasteiger partial charge in [0.2, 0.25) is 5.91 Å². The first kappa shape index (κ1) is 23.7. The van der Waals surface area contributed by atoms with Crippen LogP contribution in [0.3, 0.4) is 0 Å². The number of carbonyl (C=O) groups excluding carboxylic acids is 2. The third kappa shape index (κ3) is 6.73. The zero-order valence-corrected chi connectivity index (χ0v) is 18.3. The molecule has 2 aromatic carbocycles. The summed E-state index contributed by atoms with van der Waals surface area (Å²) >= 11 is 6.29. The fourth-order valence-corrected chi connectivity index (χ4v) is 3.13. The molecular weight excluding hydrogens is 407 g/mol. The number of carbonyl (C=O) groups is 2. The molecule has 0 aromatic heterocycles. The molecule has 7 heteroatoms. The maximum absolute atomic E-state index is 13.1. The van der Waals surface area contributed by atoms with E-state index in [-0.39, 0.29) is 36.8 Å². The molecule has 2 aromatic rings. The summed E-state index contributed by atoms with van der Waals surface area (Å²) in [5, 5.41) is 3.47. The summed E-state index contributed by atoms with van der Waals surface area (Å²) in [5.41, 5.74) is 0.740. The minimum absolute atomic E-state index is 0.000666. The molecule has 0 saturated carbocycles. The molecule has 2 atom stereocenters. The summed E-state index contributed by atoms with van der Waals surface area (Å²) in [6, 6.07) is 12.0. The molecule has 0 aliphatic rings. The zero-order chi connectivity index (χ0) is 22.1. The second kappa shape index (κ2) is 11.6. The Morgan fingerprint density at radius 2 is 1.77 bits per heavy atom. The molecule has 30 heavy (non-hydrogen) atoms. The zero-order valence-electron chi connectivity index (χ0n) is 17.5. The number of rotatable bonds is 10. The van der Waals surface area contributed by atoms with E-state index in [1.165, 1.54) is 29.2 Å². The number of benzene rings is 2. The van der Waals surface area contributed by atoms with Gasteiger partial charge in [0, 0.05) is 17.6 Å². The number of nitrogens with one attached hydrogen (secondary N) is 1. The summed E-state index contributed by atoms with van der Waals surface area (Å²) < 4.78 is 18.6. The van der Waals surface area contributed by atoms with Gasteiger partial charge in [-0.15, -0.1) is 0 Å². The largest absolute Gasteiger partial charge is 0.484 e. The van der Waals surface area contributed by atoms with Crippen LogP contribution >= 0.6 is 11.6 Å². The van der Waals surface area contributed by atoms with E-state index in [9.17, 15) is 14.0 Å². The molecule has 1 N–H and O–H groups in total. The quantitative estimate of drug-likeness (QED) is 0.595. The molecule has 0 heterocycles. The lowest BCUT2D eigenvalue weighted by Crippen LogP contribution is -2.51. The number of nitrogens with zero attached hydrogens (tertiary/aromatic N) is 1. The molecule has 0 spiro atoms. The van der Waals surface area contributed by atoms with Crippen LogP contribution in [-0.2, 0) is 16.1 Å². The molecule has 162 valence electrons. The van der Waals surface area contributed by atoms with Crippen LogP contribution in [0.15, 0.2) is 48.5 Å². The second-order valence-electron chi connectivity index (χ2n) is 7.10. The van der Waals surface area contributed by atoms with Crippen LogP contribution in [0.4, 0.5) is 4.39 Å². The molecule has 5 nitrogen and oxygen atoms in total. The number of hydrogen-bond acceptors (Lipinski definition) is 3. The highest BCUT2D eigenvalue weighted by Crippen LogP contribution is 2.20. The fourth-order valence-electron chi connectivity index (χ4n) is 2.93. The van der Waals surface area contributed by atoms with E-state index in [1.54, 1.807) is 6.07 Å². The summed E-state index contributed by atoms with van der Waals surface area (Å²) in [6.07, 6.45) is 1.23. The molecule has 0 fully saturated rings. The second-order valence-corrected chi connectivity index (χ2v) is 7.50. The molecule has 0 radical (unpaired) electrons. The van der Waals surface area contributed by atoms with Crippen molar-refractivity contribution in [3.63, 3.8) is 0 Å². The molecule has 2 rings (SSSR count). The van der Waals surface area contributed by atoms with Crippen LogP contribution in [0.2, 0.25) is 5.02 Å². The van der Waals surface area contributed by atoms with E-state index in [0.29, 0.717) is 17.2 Å². The SMILES string of the molecule is CC[C@H](C(=O)N[C@@H](C)CC)N(Cc1ccccc1Cl)C(=O)COc1ccc(F)cc1. The van der Waals surface area contributed by atoms with Crippen molar-refractivity contribution in [2.75, 3.05) is 6.61 Å². The normalized spacial score (nSPS) is 12.7. The van der Waals surface area contributed by atoms with E-state index in [4.69, 9.17) is 16.3 Å². The minimum atomic E-state index is -0.667. The first-order valence-electron chi connectivity index (χ1n) is 10.1. The van der Waals surface area contributed by atoms with Gasteiger partial charge < -0.3 is 15.0 Å². The molecule has 0 aliphatic heterocycles. The van der Waals surface area contributed by atoms with Gasteiger partial charge in [0.1, 0.15) is 17.6 Å². The highest BCUT2D eigenvalue weighted by atomic mass is 35.5. The Bertz CT molecular complexity index is 845. The number of halogens is 2. The van der Waals surface area contributed by atoms with E-state index >= 15 is 0 Å². The van der Waals surface area contributed by atoms with Gasteiger partial charge in [-0.25, -0.2) is 4.39 Å². The first-order chi connectivity index (χ1) is 14.3. The lowest BCUT2D eigenvalue weighted by molar-refractivity contribution is -0.143. The van der Waals surface area contributed by atoms with Crippen LogP contribution in [0.25, 0.3) is 0 Å². The van der Waals surface area contributed by atoms with Crippen molar-refractivity contribution in [2.24, 2.45) is 0 Å². The monoisotopic (exact) mass is 434 g/mol. The third-order valence-corrected chi connectivity index (χ3v) is 5.23. The Morgan fingerprint density at radius 3 is 2.37 bits per heavy atom. The number of hydrogen-bond donors (Lipinski definition) is 1. The van der Waals surface area contributed by atoms with E-state index < -0.39 is 6.04 Å². The van der Waals surface area contributed by atoms with Crippen LogP contribution in [0.5, 0.6) is 5.75 Å². The van der Waals surface area contributed by atoms with Gasteiger partial charge in [-0.3, -0.25) is 9.59 Å². The summed E-state index contributed by atoms with van der Waals surface area (Å²) in [5.74, 6) is -0.583. The lowest BCUT2D eigenvalue weighted by atomic mass is 10.1. The highest BCUT2D eigenvalue weighted by molar-refractivity contribution is 6.31. The van der Waals surface area contributed by atoms with Gasteiger partial charge in [-0.2, -0.15) is 0 Å². The molecule has 0 aliphatic carbocycles. The van der Waals surface area contributed by atoms with Crippen LogP contribution in [0.1, 0.15) is 39.2 Å². The maximum atomic E-state index is 13.1. The smallest absolute Gasteiger partial charge is 0.261 e. The molecule has 0 unspecified atom stereocenters. The van der Waals surface area contributed by atoms with Crippen molar-refractivity contribution in [3.05, 3.63) is 64.9 Å². The first-order valence-corrected chi connectivity index (χ1v) is 10.4. The fraction of sp³-hybridized carbons (Fsp3) is 0.391.